The summed E-state index contributed by atoms with van der Waals surface area (Å²) in [5.41, 5.74) is 6.12. The fraction of sp³-hybridized carbons (Fsp3) is 0.667. The lowest BCUT2D eigenvalue weighted by Gasteiger charge is -2.45. The predicted molar refractivity (Wildman–Crippen MR) is 80.6 cm³/mol. The van der Waals surface area contributed by atoms with Gasteiger partial charge in [-0.15, -0.1) is 0 Å². The van der Waals surface area contributed by atoms with Crippen molar-refractivity contribution in [3.8, 4) is 0 Å². The number of aliphatic hydroxyl groups excluding tert-OH is 1. The Morgan fingerprint density at radius 1 is 1.35 bits per heavy atom. The van der Waals surface area contributed by atoms with Gasteiger partial charge >= 0.3 is 0 Å². The number of methoxy groups -OCH3 is 1. The molecule has 1 unspecified atom stereocenters. The van der Waals surface area contributed by atoms with Crippen LogP contribution >= 0.6 is 11.6 Å². The van der Waals surface area contributed by atoms with Crippen molar-refractivity contribution >= 4 is 17.4 Å². The molecule has 2 rings (SSSR count). The van der Waals surface area contributed by atoms with Crippen LogP contribution in [0.2, 0.25) is 5.02 Å². The van der Waals surface area contributed by atoms with Gasteiger partial charge in [-0.3, -0.25) is 0 Å². The fourth-order valence-electron chi connectivity index (χ4n) is 2.91. The lowest BCUT2D eigenvalue weighted by molar-refractivity contribution is -0.138. The summed E-state index contributed by atoms with van der Waals surface area (Å²) in [5.74, 6) is 0.308. The molecule has 112 valence electrons. The molecule has 20 heavy (non-hydrogen) atoms. The van der Waals surface area contributed by atoms with E-state index < -0.39 is 11.7 Å². The molecule has 0 saturated heterocycles. The van der Waals surface area contributed by atoms with Crippen molar-refractivity contribution in [1.29, 1.82) is 0 Å². The molecular weight excluding hydrogens is 276 g/mol. The molecule has 1 atom stereocenters. The minimum atomic E-state index is -0.810. The van der Waals surface area contributed by atoms with Crippen molar-refractivity contribution in [1.82, 2.24) is 4.98 Å². The van der Waals surface area contributed by atoms with Crippen LogP contribution in [0, 0.1) is 5.41 Å². The van der Waals surface area contributed by atoms with Gasteiger partial charge in [-0.25, -0.2) is 4.98 Å². The maximum absolute atomic E-state index is 10.8. The maximum Gasteiger partial charge on any atom is 0.129 e. The fourth-order valence-corrected chi connectivity index (χ4v) is 3.07. The molecule has 4 nitrogen and oxygen atoms in total. The van der Waals surface area contributed by atoms with Crippen molar-refractivity contribution in [2.45, 2.75) is 51.2 Å². The Bertz CT molecular complexity index is 481. The smallest absolute Gasteiger partial charge is 0.129 e. The number of ether oxygens (including phenoxy) is 1. The van der Waals surface area contributed by atoms with Gasteiger partial charge < -0.3 is 15.6 Å². The summed E-state index contributed by atoms with van der Waals surface area (Å²) in [6, 6.07) is 1.68. The zero-order valence-corrected chi connectivity index (χ0v) is 13.1. The summed E-state index contributed by atoms with van der Waals surface area (Å²) in [6.07, 6.45) is 4.27. The zero-order chi connectivity index (χ0) is 15.0. The molecule has 5 heteroatoms. The van der Waals surface area contributed by atoms with Crippen LogP contribution in [0.4, 0.5) is 5.82 Å². The number of halogens is 1. The van der Waals surface area contributed by atoms with E-state index in [0.717, 1.165) is 25.7 Å². The lowest BCUT2D eigenvalue weighted by atomic mass is 9.68. The maximum atomic E-state index is 10.8. The first-order valence-corrected chi connectivity index (χ1v) is 7.32. The number of anilines is 1. The number of aromatic nitrogens is 1. The molecule has 0 radical (unpaired) electrons. The summed E-state index contributed by atoms with van der Waals surface area (Å²) in [6.45, 7) is 4.49. The molecule has 1 aliphatic carbocycles. The highest BCUT2D eigenvalue weighted by atomic mass is 35.5. The van der Waals surface area contributed by atoms with E-state index in [1.54, 1.807) is 13.2 Å². The second kappa shape index (κ2) is 5.51. The van der Waals surface area contributed by atoms with Crippen LogP contribution in [-0.2, 0) is 4.74 Å². The molecule has 1 aliphatic rings. The Morgan fingerprint density at radius 2 is 1.95 bits per heavy atom. The predicted octanol–water partition coefficient (Wildman–Crippen LogP) is 3.34. The number of hydrogen-bond donors (Lipinski definition) is 2. The van der Waals surface area contributed by atoms with E-state index in [9.17, 15) is 5.11 Å². The number of nitrogens with two attached hydrogens (primary N) is 1. The first kappa shape index (κ1) is 15.5. The van der Waals surface area contributed by atoms with Gasteiger partial charge in [0.2, 0.25) is 0 Å². The normalized spacial score (nSPS) is 22.4. The highest BCUT2D eigenvalue weighted by molar-refractivity contribution is 6.30. The molecule has 1 aromatic heterocycles. The zero-order valence-electron chi connectivity index (χ0n) is 12.3. The largest absolute Gasteiger partial charge is 0.385 e. The second-order valence-corrected chi connectivity index (χ2v) is 6.90. The summed E-state index contributed by atoms with van der Waals surface area (Å²) in [4.78, 5) is 4.02. The molecule has 0 aromatic carbocycles. The third-order valence-electron chi connectivity index (χ3n) is 4.57. The van der Waals surface area contributed by atoms with Crippen molar-refractivity contribution in [2.75, 3.05) is 12.8 Å². The highest BCUT2D eigenvalue weighted by Crippen LogP contribution is 2.48. The van der Waals surface area contributed by atoms with E-state index in [1.807, 2.05) is 0 Å². The Balaban J connectivity index is 2.30. The summed E-state index contributed by atoms with van der Waals surface area (Å²) < 4.78 is 5.71. The Labute approximate surface area is 125 Å². The molecule has 0 bridgehead atoms. The minimum absolute atomic E-state index is 0.292. The lowest BCUT2D eigenvalue weighted by Crippen LogP contribution is -2.44. The van der Waals surface area contributed by atoms with Crippen LogP contribution in [-0.4, -0.2) is 22.8 Å². The van der Waals surface area contributed by atoms with Crippen LogP contribution in [0.15, 0.2) is 12.3 Å². The van der Waals surface area contributed by atoms with Crippen molar-refractivity contribution in [3.63, 3.8) is 0 Å². The van der Waals surface area contributed by atoms with Gasteiger partial charge in [0, 0.05) is 18.9 Å². The molecular formula is C15H23ClN2O2. The summed E-state index contributed by atoms with van der Waals surface area (Å²) >= 11 is 5.96. The van der Waals surface area contributed by atoms with E-state index in [1.165, 1.54) is 6.20 Å². The van der Waals surface area contributed by atoms with Gasteiger partial charge in [0.25, 0.3) is 0 Å². The minimum Gasteiger partial charge on any atom is -0.385 e. The van der Waals surface area contributed by atoms with E-state index in [4.69, 9.17) is 22.1 Å². The molecule has 3 N–H and O–H groups in total. The van der Waals surface area contributed by atoms with Gasteiger partial charge in [-0.1, -0.05) is 25.4 Å². The Morgan fingerprint density at radius 3 is 2.50 bits per heavy atom. The van der Waals surface area contributed by atoms with Gasteiger partial charge in [0.15, 0.2) is 0 Å². The van der Waals surface area contributed by atoms with E-state index >= 15 is 0 Å². The van der Waals surface area contributed by atoms with E-state index in [-0.39, 0.29) is 0 Å². The molecule has 1 aromatic rings. The van der Waals surface area contributed by atoms with Crippen molar-refractivity contribution in [2.24, 2.45) is 5.41 Å². The van der Waals surface area contributed by atoms with Gasteiger partial charge in [0.05, 0.1) is 10.6 Å². The Kier molecular flexibility index (Phi) is 4.28. The average molecular weight is 299 g/mol. The average Bonchev–Trinajstić information content (AvgIpc) is 2.41. The monoisotopic (exact) mass is 298 g/mol. The van der Waals surface area contributed by atoms with Crippen LogP contribution in [0.1, 0.15) is 51.2 Å². The molecule has 1 saturated carbocycles. The standard InChI is InChI=1S/C15H23ClN2O2/c1-14(2)4-6-15(20-3,7-5-14)12(19)11-8-10(16)9-18-13(11)17/h8-9,12,19H,4-7H2,1-3H3,(H2,17,18). The number of nitrogens with zero attached hydrogens (tertiary/aromatic N) is 1. The molecule has 0 aliphatic heterocycles. The Hall–Kier alpha value is -0.840. The first-order chi connectivity index (χ1) is 9.30. The number of pyridine rings is 1. The summed E-state index contributed by atoms with van der Waals surface area (Å²) in [5, 5.41) is 11.2. The molecule has 1 fully saturated rings. The van der Waals surface area contributed by atoms with Crippen LogP contribution < -0.4 is 5.73 Å². The number of nitrogen functional groups attached to an aromatic ring is 1. The third kappa shape index (κ3) is 2.92. The van der Waals surface area contributed by atoms with Crippen molar-refractivity contribution < 1.29 is 9.84 Å². The summed E-state index contributed by atoms with van der Waals surface area (Å²) in [7, 11) is 1.65. The molecule has 0 spiro atoms. The van der Waals surface area contributed by atoms with Gasteiger partial charge in [0.1, 0.15) is 11.9 Å². The highest BCUT2D eigenvalue weighted by Gasteiger charge is 2.45. The quantitative estimate of drug-likeness (QED) is 0.898. The van der Waals surface area contributed by atoms with Crippen LogP contribution in [0.5, 0.6) is 0 Å². The molecule has 1 heterocycles. The van der Waals surface area contributed by atoms with Gasteiger partial charge in [-0.05, 0) is 37.2 Å². The van der Waals surface area contributed by atoms with Crippen molar-refractivity contribution in [3.05, 3.63) is 22.8 Å². The first-order valence-electron chi connectivity index (χ1n) is 6.94. The topological polar surface area (TPSA) is 68.4 Å². The van der Waals surface area contributed by atoms with E-state index in [0.29, 0.717) is 21.8 Å². The third-order valence-corrected chi connectivity index (χ3v) is 4.77. The van der Waals surface area contributed by atoms with Gasteiger partial charge in [-0.2, -0.15) is 0 Å². The van der Waals surface area contributed by atoms with E-state index in [2.05, 4.69) is 18.8 Å². The van der Waals surface area contributed by atoms with Crippen LogP contribution in [0.25, 0.3) is 0 Å². The number of rotatable bonds is 3. The van der Waals surface area contributed by atoms with Crippen LogP contribution in [0.3, 0.4) is 0 Å². The molecule has 0 amide bonds. The number of hydrogen-bond acceptors (Lipinski definition) is 4. The second-order valence-electron chi connectivity index (χ2n) is 6.46. The SMILES string of the molecule is COC1(C(O)c2cc(Cl)cnc2N)CCC(C)(C)CC1. The number of aliphatic hydroxyl groups is 1.